The number of fused-ring (bicyclic) bond motifs is 1. The minimum atomic E-state index is -3.46. The molecular weight excluding hydrogens is 296 g/mol. The van der Waals surface area contributed by atoms with Gasteiger partial charge in [0.1, 0.15) is 5.84 Å². The third kappa shape index (κ3) is 3.52. The number of amidine groups is 1. The molecule has 0 spiro atoms. The maximum Gasteiger partial charge on any atom is 0.263 e. The molecule has 4 nitrogen and oxygen atoms in total. The minimum Gasteiger partial charge on any atom is -0.266 e. The van der Waals surface area contributed by atoms with Crippen molar-refractivity contribution >= 4 is 27.5 Å². The average molecular weight is 315 g/mol. The second kappa shape index (κ2) is 5.37. The van der Waals surface area contributed by atoms with Crippen LogP contribution in [0, 0.1) is 5.41 Å². The van der Waals surface area contributed by atoms with E-state index in [-0.39, 0.29) is 15.7 Å². The van der Waals surface area contributed by atoms with Crippen molar-refractivity contribution in [3.63, 3.8) is 0 Å². The molecule has 0 amide bonds. The third-order valence-electron chi connectivity index (χ3n) is 2.94. The smallest absolute Gasteiger partial charge is 0.263 e. The fourth-order valence-electron chi connectivity index (χ4n) is 2.17. The fraction of sp³-hybridized carbons (Fsp3) is 0.500. The molecule has 1 aliphatic heterocycles. The van der Waals surface area contributed by atoms with Gasteiger partial charge in [0, 0.05) is 5.56 Å². The molecule has 1 aliphatic rings. The molecule has 1 N–H and O–H groups in total. The van der Waals surface area contributed by atoms with Crippen LogP contribution in [0.1, 0.15) is 32.8 Å². The summed E-state index contributed by atoms with van der Waals surface area (Å²) in [6, 6.07) is 6.82. The van der Waals surface area contributed by atoms with Crippen LogP contribution in [0.25, 0.3) is 0 Å². The first-order valence-electron chi connectivity index (χ1n) is 6.50. The molecule has 0 aromatic heterocycles. The van der Waals surface area contributed by atoms with Gasteiger partial charge in [-0.1, -0.05) is 32.9 Å². The summed E-state index contributed by atoms with van der Waals surface area (Å²) < 4.78 is 26.3. The number of benzene rings is 1. The SMILES string of the molecule is CC(C)(C)CC(Cl)CN=C1NS(=O)(=O)c2ccccc21. The topological polar surface area (TPSA) is 58.5 Å². The molecule has 2 rings (SSSR count). The highest BCUT2D eigenvalue weighted by Gasteiger charge is 2.30. The molecule has 0 bridgehead atoms. The van der Waals surface area contributed by atoms with Crippen LogP contribution in [-0.4, -0.2) is 26.2 Å². The van der Waals surface area contributed by atoms with E-state index in [2.05, 4.69) is 30.5 Å². The Morgan fingerprint density at radius 2 is 1.95 bits per heavy atom. The lowest BCUT2D eigenvalue weighted by Gasteiger charge is -2.20. The Labute approximate surface area is 125 Å². The monoisotopic (exact) mass is 314 g/mol. The van der Waals surface area contributed by atoms with Crippen molar-refractivity contribution in [2.24, 2.45) is 10.4 Å². The number of rotatable bonds is 3. The zero-order chi connectivity index (χ0) is 15.0. The van der Waals surface area contributed by atoms with Crippen LogP contribution in [-0.2, 0) is 10.0 Å². The molecule has 0 aliphatic carbocycles. The average Bonchev–Trinajstić information content (AvgIpc) is 2.57. The largest absolute Gasteiger partial charge is 0.266 e. The quantitative estimate of drug-likeness (QED) is 0.872. The standard InChI is InChI=1S/C14H19ClN2O2S/c1-14(2,3)8-10(15)9-16-13-11-6-4-5-7-12(11)20(18,19)17-13/h4-7,10H,8-9H2,1-3H3,(H,16,17). The summed E-state index contributed by atoms with van der Waals surface area (Å²) in [7, 11) is -3.46. The van der Waals surface area contributed by atoms with Crippen LogP contribution in [0.2, 0.25) is 0 Å². The molecule has 0 saturated heterocycles. The first-order valence-corrected chi connectivity index (χ1v) is 8.42. The van der Waals surface area contributed by atoms with E-state index in [0.717, 1.165) is 6.42 Å². The molecule has 1 unspecified atom stereocenters. The van der Waals surface area contributed by atoms with E-state index in [1.165, 1.54) is 0 Å². The number of nitrogens with one attached hydrogen (secondary N) is 1. The molecule has 110 valence electrons. The molecule has 1 heterocycles. The van der Waals surface area contributed by atoms with Crippen molar-refractivity contribution in [2.45, 2.75) is 37.5 Å². The second-order valence-corrected chi connectivity index (χ2v) is 8.42. The van der Waals surface area contributed by atoms with Gasteiger partial charge in [-0.2, -0.15) is 0 Å². The third-order valence-corrected chi connectivity index (χ3v) is 4.63. The summed E-state index contributed by atoms with van der Waals surface area (Å²) in [5, 5.41) is -0.111. The summed E-state index contributed by atoms with van der Waals surface area (Å²) in [4.78, 5) is 4.62. The van der Waals surface area contributed by atoms with Crippen LogP contribution in [0.4, 0.5) is 0 Å². The molecule has 0 radical (unpaired) electrons. The van der Waals surface area contributed by atoms with E-state index in [1.54, 1.807) is 24.3 Å². The number of hydrogen-bond donors (Lipinski definition) is 1. The maximum absolute atomic E-state index is 11.9. The van der Waals surface area contributed by atoms with E-state index in [4.69, 9.17) is 11.6 Å². The zero-order valence-electron chi connectivity index (χ0n) is 11.9. The predicted molar refractivity (Wildman–Crippen MR) is 81.9 cm³/mol. The zero-order valence-corrected chi connectivity index (χ0v) is 13.4. The van der Waals surface area contributed by atoms with Gasteiger partial charge in [0.15, 0.2) is 0 Å². The van der Waals surface area contributed by atoms with Gasteiger partial charge >= 0.3 is 0 Å². The summed E-state index contributed by atoms with van der Waals surface area (Å²) in [6.07, 6.45) is 0.819. The lowest BCUT2D eigenvalue weighted by Crippen LogP contribution is -2.24. The maximum atomic E-state index is 11.9. The molecule has 1 aromatic rings. The molecule has 1 atom stereocenters. The minimum absolute atomic E-state index is 0.111. The number of halogens is 1. The van der Waals surface area contributed by atoms with E-state index in [9.17, 15) is 8.42 Å². The Balaban J connectivity index is 2.18. The first kappa shape index (κ1) is 15.3. The van der Waals surface area contributed by atoms with E-state index >= 15 is 0 Å². The summed E-state index contributed by atoms with van der Waals surface area (Å²) in [5.41, 5.74) is 0.742. The molecule has 1 aromatic carbocycles. The van der Waals surface area contributed by atoms with Crippen molar-refractivity contribution in [1.29, 1.82) is 0 Å². The molecule has 0 saturated carbocycles. The fourth-order valence-corrected chi connectivity index (χ4v) is 3.95. The van der Waals surface area contributed by atoms with Gasteiger partial charge in [0.2, 0.25) is 0 Å². The second-order valence-electron chi connectivity index (χ2n) is 6.15. The van der Waals surface area contributed by atoms with Crippen molar-refractivity contribution in [2.75, 3.05) is 6.54 Å². The van der Waals surface area contributed by atoms with Gasteiger partial charge in [-0.25, -0.2) is 8.42 Å². The van der Waals surface area contributed by atoms with Gasteiger partial charge in [0.05, 0.1) is 16.8 Å². The van der Waals surface area contributed by atoms with Crippen LogP contribution < -0.4 is 4.72 Å². The van der Waals surface area contributed by atoms with Crippen molar-refractivity contribution in [1.82, 2.24) is 4.72 Å². The molecule has 0 fully saturated rings. The summed E-state index contributed by atoms with van der Waals surface area (Å²) in [5.74, 6) is 0.389. The van der Waals surface area contributed by atoms with E-state index in [0.29, 0.717) is 17.9 Å². The van der Waals surface area contributed by atoms with Crippen molar-refractivity contribution in [3.05, 3.63) is 29.8 Å². The van der Waals surface area contributed by atoms with E-state index in [1.807, 2.05) is 0 Å². The molecular formula is C14H19ClN2O2S. The number of nitrogens with zero attached hydrogens (tertiary/aromatic N) is 1. The van der Waals surface area contributed by atoms with Gasteiger partial charge in [-0.15, -0.1) is 11.6 Å². The van der Waals surface area contributed by atoms with Crippen LogP contribution in [0.3, 0.4) is 0 Å². The van der Waals surface area contributed by atoms with Crippen LogP contribution >= 0.6 is 11.6 Å². The predicted octanol–water partition coefficient (Wildman–Crippen LogP) is 2.77. The molecule has 20 heavy (non-hydrogen) atoms. The normalized spacial score (nSPS) is 20.5. The number of hydrogen-bond acceptors (Lipinski definition) is 3. The van der Waals surface area contributed by atoms with E-state index < -0.39 is 10.0 Å². The Morgan fingerprint density at radius 3 is 2.60 bits per heavy atom. The summed E-state index contributed by atoms with van der Waals surface area (Å²) in [6.45, 7) is 6.74. The Kier molecular flexibility index (Phi) is 4.12. The van der Waals surface area contributed by atoms with Gasteiger partial charge in [-0.3, -0.25) is 9.71 Å². The van der Waals surface area contributed by atoms with Crippen LogP contribution in [0.15, 0.2) is 34.2 Å². The van der Waals surface area contributed by atoms with Gasteiger partial charge in [0.25, 0.3) is 10.0 Å². The van der Waals surface area contributed by atoms with Crippen molar-refractivity contribution in [3.8, 4) is 0 Å². The first-order chi connectivity index (χ1) is 9.19. The Morgan fingerprint density at radius 1 is 1.30 bits per heavy atom. The number of aliphatic imine (C=N–C) groups is 1. The lowest BCUT2D eigenvalue weighted by molar-refractivity contribution is 0.372. The molecule has 6 heteroatoms. The van der Waals surface area contributed by atoms with Crippen LogP contribution in [0.5, 0.6) is 0 Å². The highest BCUT2D eigenvalue weighted by molar-refractivity contribution is 7.90. The van der Waals surface area contributed by atoms with Gasteiger partial charge in [-0.05, 0) is 24.0 Å². The number of sulfonamides is 1. The highest BCUT2D eigenvalue weighted by Crippen LogP contribution is 2.25. The highest BCUT2D eigenvalue weighted by atomic mass is 35.5. The van der Waals surface area contributed by atoms with Gasteiger partial charge < -0.3 is 0 Å². The number of alkyl halides is 1. The Bertz CT molecular complexity index is 633. The Hall–Kier alpha value is -1.07. The lowest BCUT2D eigenvalue weighted by atomic mass is 9.90. The summed E-state index contributed by atoms with van der Waals surface area (Å²) >= 11 is 6.26. The van der Waals surface area contributed by atoms with Crippen molar-refractivity contribution < 1.29 is 8.42 Å².